The van der Waals surface area contributed by atoms with Crippen LogP contribution in [0.1, 0.15) is 72.1 Å². The summed E-state index contributed by atoms with van der Waals surface area (Å²) in [4.78, 5) is 15.2. The third kappa shape index (κ3) is 2.94. The summed E-state index contributed by atoms with van der Waals surface area (Å²) in [6.07, 6.45) is 8.50. The fourth-order valence-electron chi connectivity index (χ4n) is 6.54. The molecule has 1 amide bonds. The van der Waals surface area contributed by atoms with Crippen molar-refractivity contribution >= 4 is 5.91 Å². The van der Waals surface area contributed by atoms with E-state index < -0.39 is 5.60 Å². The molecule has 0 spiro atoms. The Morgan fingerprint density at radius 3 is 2.26 bits per heavy atom. The van der Waals surface area contributed by atoms with Crippen LogP contribution in [0.3, 0.4) is 0 Å². The van der Waals surface area contributed by atoms with E-state index >= 15 is 0 Å². The van der Waals surface area contributed by atoms with E-state index in [4.69, 9.17) is 0 Å². The average Bonchev–Trinajstić information content (AvgIpc) is 3.07. The van der Waals surface area contributed by atoms with E-state index in [1.165, 1.54) is 25.7 Å². The molecule has 0 unspecified atom stereocenters. The number of amides is 1. The molecule has 5 aliphatic carbocycles. The van der Waals surface area contributed by atoms with Crippen LogP contribution in [0.2, 0.25) is 0 Å². The minimum Gasteiger partial charge on any atom is -0.390 e. The lowest BCUT2D eigenvalue weighted by molar-refractivity contribution is -0.172. The summed E-state index contributed by atoms with van der Waals surface area (Å²) in [5, 5.41) is 10.9. The van der Waals surface area contributed by atoms with Crippen molar-refractivity contribution in [2.45, 2.75) is 83.8 Å². The van der Waals surface area contributed by atoms with E-state index in [0.717, 1.165) is 37.6 Å². The molecule has 0 aromatic rings. The minimum absolute atomic E-state index is 0.109. The summed E-state index contributed by atoms with van der Waals surface area (Å²) in [6, 6.07) is 0.298. The van der Waals surface area contributed by atoms with Gasteiger partial charge in [0.15, 0.2) is 0 Å². The maximum atomic E-state index is 13.1. The Morgan fingerprint density at radius 1 is 1.17 bits per heavy atom. The molecule has 3 heteroatoms. The van der Waals surface area contributed by atoms with Crippen LogP contribution in [0.15, 0.2) is 0 Å². The molecule has 0 aliphatic heterocycles. The van der Waals surface area contributed by atoms with Crippen molar-refractivity contribution in [2.75, 3.05) is 6.54 Å². The second-order valence-corrected chi connectivity index (χ2v) is 9.98. The second kappa shape index (κ2) is 5.21. The Morgan fingerprint density at radius 2 is 1.78 bits per heavy atom. The predicted molar refractivity (Wildman–Crippen MR) is 90.8 cm³/mol. The third-order valence-corrected chi connectivity index (χ3v) is 7.33. The number of hydrogen-bond acceptors (Lipinski definition) is 2. The van der Waals surface area contributed by atoms with Crippen LogP contribution < -0.4 is 0 Å². The van der Waals surface area contributed by atoms with Gasteiger partial charge in [0.25, 0.3) is 0 Å². The highest BCUT2D eigenvalue weighted by Gasteiger charge is 2.57. The van der Waals surface area contributed by atoms with Crippen molar-refractivity contribution < 1.29 is 9.90 Å². The van der Waals surface area contributed by atoms with E-state index in [9.17, 15) is 9.90 Å². The Balaban J connectivity index is 1.47. The Hall–Kier alpha value is -0.570. The van der Waals surface area contributed by atoms with E-state index in [0.29, 0.717) is 30.2 Å². The van der Waals surface area contributed by atoms with Crippen molar-refractivity contribution in [3.8, 4) is 0 Å². The first-order valence-corrected chi connectivity index (χ1v) is 9.79. The van der Waals surface area contributed by atoms with Crippen LogP contribution in [0.4, 0.5) is 0 Å². The first-order chi connectivity index (χ1) is 10.8. The van der Waals surface area contributed by atoms with Gasteiger partial charge in [-0.1, -0.05) is 6.92 Å². The van der Waals surface area contributed by atoms with Gasteiger partial charge in [-0.3, -0.25) is 4.79 Å². The normalized spacial score (nSPS) is 47.2. The molecule has 5 aliphatic rings. The van der Waals surface area contributed by atoms with E-state index in [1.807, 2.05) is 0 Å². The van der Waals surface area contributed by atoms with Crippen LogP contribution >= 0.6 is 0 Å². The number of carbonyl (C=O) groups is 1. The summed E-state index contributed by atoms with van der Waals surface area (Å²) in [7, 11) is 0. The van der Waals surface area contributed by atoms with Crippen LogP contribution in [0.25, 0.3) is 0 Å². The van der Waals surface area contributed by atoms with Gasteiger partial charge in [-0.05, 0) is 87.9 Å². The van der Waals surface area contributed by atoms with Gasteiger partial charge in [-0.2, -0.15) is 0 Å². The van der Waals surface area contributed by atoms with Crippen molar-refractivity contribution in [3.63, 3.8) is 0 Å². The minimum atomic E-state index is -0.446. The van der Waals surface area contributed by atoms with Crippen molar-refractivity contribution in [1.29, 1.82) is 0 Å². The fraction of sp³-hybridized carbons (Fsp3) is 0.950. The monoisotopic (exact) mass is 319 g/mol. The Labute approximate surface area is 140 Å². The maximum absolute atomic E-state index is 13.1. The van der Waals surface area contributed by atoms with Gasteiger partial charge in [-0.15, -0.1) is 0 Å². The second-order valence-electron chi connectivity index (χ2n) is 9.98. The molecular formula is C20H33NO2. The summed E-state index contributed by atoms with van der Waals surface area (Å²) in [5.74, 6) is 3.21. The zero-order valence-electron chi connectivity index (χ0n) is 15.1. The molecule has 0 aromatic carbocycles. The smallest absolute Gasteiger partial charge is 0.223 e. The largest absolute Gasteiger partial charge is 0.390 e. The molecule has 4 bridgehead atoms. The van der Waals surface area contributed by atoms with Crippen LogP contribution in [-0.2, 0) is 4.79 Å². The highest BCUT2D eigenvalue weighted by Crippen LogP contribution is 2.63. The van der Waals surface area contributed by atoms with E-state index in [2.05, 4.69) is 25.7 Å². The van der Waals surface area contributed by atoms with Crippen LogP contribution in [0.5, 0.6) is 0 Å². The highest BCUT2D eigenvalue weighted by atomic mass is 16.3. The summed E-state index contributed by atoms with van der Waals surface area (Å²) in [6.45, 7) is 7.55. The van der Waals surface area contributed by atoms with Crippen molar-refractivity contribution in [3.05, 3.63) is 0 Å². The molecule has 0 aromatic heterocycles. The maximum Gasteiger partial charge on any atom is 0.223 e. The number of rotatable bonds is 5. The molecule has 4 atom stereocenters. The van der Waals surface area contributed by atoms with Gasteiger partial charge in [-0.25, -0.2) is 0 Å². The van der Waals surface area contributed by atoms with Gasteiger partial charge in [0.2, 0.25) is 5.91 Å². The molecule has 23 heavy (non-hydrogen) atoms. The zero-order valence-corrected chi connectivity index (χ0v) is 15.1. The molecule has 3 nitrogen and oxygen atoms in total. The van der Waals surface area contributed by atoms with Gasteiger partial charge in [0, 0.05) is 19.0 Å². The molecule has 5 saturated carbocycles. The SMILES string of the molecule is CC(C)N(C[C@H]1C[C@H]1C)C(=O)CC12C[C@H]3C[C@@H](CC(O)(C3)C1)C2. The summed E-state index contributed by atoms with van der Waals surface area (Å²) in [5.41, 5.74) is -0.337. The van der Waals surface area contributed by atoms with E-state index in [-0.39, 0.29) is 5.41 Å². The first-order valence-electron chi connectivity index (χ1n) is 9.79. The zero-order chi connectivity index (χ0) is 16.4. The first kappa shape index (κ1) is 15.9. The predicted octanol–water partition coefficient (Wildman–Crippen LogP) is 3.60. The van der Waals surface area contributed by atoms with Gasteiger partial charge >= 0.3 is 0 Å². The van der Waals surface area contributed by atoms with E-state index in [1.54, 1.807) is 0 Å². The van der Waals surface area contributed by atoms with Crippen molar-refractivity contribution in [1.82, 2.24) is 4.90 Å². The Kier molecular flexibility index (Phi) is 3.61. The molecule has 5 fully saturated rings. The highest BCUT2D eigenvalue weighted by molar-refractivity contribution is 5.77. The van der Waals surface area contributed by atoms with Gasteiger partial charge in [0.1, 0.15) is 0 Å². The van der Waals surface area contributed by atoms with Gasteiger partial charge < -0.3 is 10.0 Å². The number of hydrogen-bond donors (Lipinski definition) is 1. The lowest BCUT2D eigenvalue weighted by Crippen LogP contribution is -2.57. The van der Waals surface area contributed by atoms with Crippen LogP contribution in [-0.4, -0.2) is 34.1 Å². The lowest BCUT2D eigenvalue weighted by atomic mass is 9.47. The standard InChI is InChI=1S/C20H33NO2/c1-13(2)21(11-17-4-14(17)3)18(22)10-19-6-15-5-16(7-19)9-20(23,8-15)12-19/h13-17,23H,4-12H2,1-3H3/t14-,15-,16-,17-,19?,20?/m1/s1. The molecule has 0 saturated heterocycles. The third-order valence-electron chi connectivity index (χ3n) is 7.33. The molecular weight excluding hydrogens is 286 g/mol. The molecule has 0 heterocycles. The summed E-state index contributed by atoms with van der Waals surface area (Å²) < 4.78 is 0. The van der Waals surface area contributed by atoms with Crippen molar-refractivity contribution in [2.24, 2.45) is 29.1 Å². The number of carbonyl (C=O) groups excluding carboxylic acids is 1. The molecule has 5 rings (SSSR count). The van der Waals surface area contributed by atoms with Crippen LogP contribution in [0, 0.1) is 29.1 Å². The molecule has 1 N–H and O–H groups in total. The van der Waals surface area contributed by atoms with Gasteiger partial charge in [0.05, 0.1) is 5.60 Å². The quantitative estimate of drug-likeness (QED) is 0.841. The average molecular weight is 319 g/mol. The topological polar surface area (TPSA) is 40.5 Å². The lowest BCUT2D eigenvalue weighted by Gasteiger charge is -2.60. The molecule has 0 radical (unpaired) electrons. The molecule has 130 valence electrons. The number of aliphatic hydroxyl groups is 1. The Bertz CT molecular complexity index is 486. The number of nitrogens with zero attached hydrogens (tertiary/aromatic N) is 1. The fourth-order valence-corrected chi connectivity index (χ4v) is 6.54. The summed E-state index contributed by atoms with van der Waals surface area (Å²) >= 11 is 0.